The van der Waals surface area contributed by atoms with Gasteiger partial charge in [0.15, 0.2) is 0 Å². The molecule has 1 heteroatoms. The standard InChI is InChI=1S/C29H43N/c1-2-3-4-5-6-7-8-9-10-11-12-13-14-15-22-27-30(28-23-18-16-19-24-28)29-25-20-17-21-26-29/h15-26H,2-14,27H2,1H3. The zero-order valence-corrected chi connectivity index (χ0v) is 19.3. The van der Waals surface area contributed by atoms with E-state index in [2.05, 4.69) is 84.6 Å². The zero-order chi connectivity index (χ0) is 21.1. The van der Waals surface area contributed by atoms with Crippen LogP contribution in [0.2, 0.25) is 0 Å². The van der Waals surface area contributed by atoms with Crippen LogP contribution in [0, 0.1) is 0 Å². The first kappa shape index (κ1) is 24.3. The van der Waals surface area contributed by atoms with E-state index in [4.69, 9.17) is 0 Å². The molecular formula is C29H43N. The Labute approximate surface area is 186 Å². The lowest BCUT2D eigenvalue weighted by Crippen LogP contribution is -2.16. The molecule has 0 unspecified atom stereocenters. The normalized spacial score (nSPS) is 11.2. The summed E-state index contributed by atoms with van der Waals surface area (Å²) in [5, 5.41) is 0. The molecule has 0 aliphatic heterocycles. The van der Waals surface area contributed by atoms with Crippen molar-refractivity contribution in [1.82, 2.24) is 0 Å². The lowest BCUT2D eigenvalue weighted by molar-refractivity contribution is 0.545. The molecule has 164 valence electrons. The number of hydrogen-bond donors (Lipinski definition) is 0. The van der Waals surface area contributed by atoms with Crippen molar-refractivity contribution in [3.05, 3.63) is 72.8 Å². The molecule has 0 N–H and O–H groups in total. The van der Waals surface area contributed by atoms with Crippen LogP contribution >= 0.6 is 0 Å². The Bertz CT molecular complexity index is 607. The molecule has 0 saturated heterocycles. The fraction of sp³-hybridized carbons (Fsp3) is 0.517. The smallest absolute Gasteiger partial charge is 0.0413 e. The zero-order valence-electron chi connectivity index (χ0n) is 19.3. The molecule has 0 atom stereocenters. The molecule has 0 saturated carbocycles. The second-order valence-corrected chi connectivity index (χ2v) is 8.43. The van der Waals surface area contributed by atoms with Crippen molar-refractivity contribution < 1.29 is 0 Å². The Balaban J connectivity index is 1.55. The topological polar surface area (TPSA) is 3.24 Å². The van der Waals surface area contributed by atoms with Gasteiger partial charge in [0.05, 0.1) is 0 Å². The van der Waals surface area contributed by atoms with Crippen LogP contribution in [-0.2, 0) is 0 Å². The largest absolute Gasteiger partial charge is 0.338 e. The molecular weight excluding hydrogens is 362 g/mol. The average molecular weight is 406 g/mol. The fourth-order valence-electron chi connectivity index (χ4n) is 3.98. The number of nitrogens with zero attached hydrogens (tertiary/aromatic N) is 1. The molecule has 0 amide bonds. The lowest BCUT2D eigenvalue weighted by atomic mass is 10.0. The second kappa shape index (κ2) is 16.7. The molecule has 2 aromatic carbocycles. The van der Waals surface area contributed by atoms with E-state index in [0.717, 1.165) is 6.54 Å². The van der Waals surface area contributed by atoms with Gasteiger partial charge in [-0.3, -0.25) is 0 Å². The number of benzene rings is 2. The lowest BCUT2D eigenvalue weighted by Gasteiger charge is -2.23. The van der Waals surface area contributed by atoms with Crippen molar-refractivity contribution in [2.45, 2.75) is 90.4 Å². The molecule has 0 radical (unpaired) electrons. The van der Waals surface area contributed by atoms with Gasteiger partial charge in [-0.05, 0) is 37.1 Å². The summed E-state index contributed by atoms with van der Waals surface area (Å²) in [6.07, 6.45) is 22.9. The third kappa shape index (κ3) is 10.7. The third-order valence-electron chi connectivity index (χ3n) is 5.81. The molecule has 0 bridgehead atoms. The molecule has 0 aromatic heterocycles. The Morgan fingerprint density at radius 3 is 1.43 bits per heavy atom. The highest BCUT2D eigenvalue weighted by Crippen LogP contribution is 2.24. The van der Waals surface area contributed by atoms with Crippen LogP contribution in [0.4, 0.5) is 11.4 Å². The van der Waals surface area contributed by atoms with Gasteiger partial charge in [-0.2, -0.15) is 0 Å². The van der Waals surface area contributed by atoms with E-state index in [-0.39, 0.29) is 0 Å². The monoisotopic (exact) mass is 405 g/mol. The predicted molar refractivity (Wildman–Crippen MR) is 135 cm³/mol. The molecule has 1 nitrogen and oxygen atoms in total. The van der Waals surface area contributed by atoms with Gasteiger partial charge in [-0.25, -0.2) is 0 Å². The van der Waals surface area contributed by atoms with Gasteiger partial charge in [0.1, 0.15) is 0 Å². The van der Waals surface area contributed by atoms with E-state index in [1.807, 2.05) is 0 Å². The summed E-state index contributed by atoms with van der Waals surface area (Å²) in [5.74, 6) is 0. The second-order valence-electron chi connectivity index (χ2n) is 8.43. The minimum absolute atomic E-state index is 0.923. The highest BCUT2D eigenvalue weighted by atomic mass is 15.1. The van der Waals surface area contributed by atoms with Crippen molar-refractivity contribution in [2.75, 3.05) is 11.4 Å². The molecule has 0 fully saturated rings. The fourth-order valence-corrected chi connectivity index (χ4v) is 3.98. The Morgan fingerprint density at radius 1 is 0.533 bits per heavy atom. The molecule has 0 aliphatic rings. The summed E-state index contributed by atoms with van der Waals surface area (Å²) in [5.41, 5.74) is 2.50. The first-order chi connectivity index (χ1) is 14.9. The SMILES string of the molecule is CCCCCCCCCCCCCCC=CCN(c1ccccc1)c1ccccc1. The Kier molecular flexibility index (Phi) is 13.5. The van der Waals surface area contributed by atoms with Crippen LogP contribution in [0.5, 0.6) is 0 Å². The number of anilines is 2. The van der Waals surface area contributed by atoms with Gasteiger partial charge >= 0.3 is 0 Å². The van der Waals surface area contributed by atoms with E-state index in [1.54, 1.807) is 0 Å². The summed E-state index contributed by atoms with van der Waals surface area (Å²) >= 11 is 0. The predicted octanol–water partition coefficient (Wildman–Crippen LogP) is 9.47. The Hall–Kier alpha value is -2.02. The van der Waals surface area contributed by atoms with E-state index in [1.165, 1.54) is 94.8 Å². The first-order valence-corrected chi connectivity index (χ1v) is 12.4. The van der Waals surface area contributed by atoms with Crippen LogP contribution < -0.4 is 4.90 Å². The highest BCUT2D eigenvalue weighted by Gasteiger charge is 2.06. The summed E-state index contributed by atoms with van der Waals surface area (Å²) < 4.78 is 0. The van der Waals surface area contributed by atoms with Crippen LogP contribution in [0.15, 0.2) is 72.8 Å². The van der Waals surface area contributed by atoms with E-state index in [9.17, 15) is 0 Å². The van der Waals surface area contributed by atoms with Gasteiger partial charge in [0.25, 0.3) is 0 Å². The van der Waals surface area contributed by atoms with Crippen molar-refractivity contribution in [3.63, 3.8) is 0 Å². The quantitative estimate of drug-likeness (QED) is 0.187. The summed E-state index contributed by atoms with van der Waals surface area (Å²) in [6, 6.07) is 21.4. The summed E-state index contributed by atoms with van der Waals surface area (Å²) in [7, 11) is 0. The van der Waals surface area contributed by atoms with Gasteiger partial charge in [0.2, 0.25) is 0 Å². The summed E-state index contributed by atoms with van der Waals surface area (Å²) in [6.45, 7) is 3.21. The van der Waals surface area contributed by atoms with Gasteiger partial charge in [0, 0.05) is 17.9 Å². The van der Waals surface area contributed by atoms with Gasteiger partial charge < -0.3 is 4.90 Å². The number of rotatable bonds is 17. The minimum Gasteiger partial charge on any atom is -0.338 e. The molecule has 30 heavy (non-hydrogen) atoms. The van der Waals surface area contributed by atoms with E-state index >= 15 is 0 Å². The van der Waals surface area contributed by atoms with E-state index in [0.29, 0.717) is 0 Å². The Morgan fingerprint density at radius 2 is 0.967 bits per heavy atom. The van der Waals surface area contributed by atoms with Crippen LogP contribution in [-0.4, -0.2) is 6.54 Å². The number of para-hydroxylation sites is 2. The first-order valence-electron chi connectivity index (χ1n) is 12.4. The maximum atomic E-state index is 2.37. The molecule has 0 aliphatic carbocycles. The molecule has 0 spiro atoms. The molecule has 2 rings (SSSR count). The molecule has 0 heterocycles. The van der Waals surface area contributed by atoms with Crippen molar-refractivity contribution in [2.24, 2.45) is 0 Å². The van der Waals surface area contributed by atoms with Crippen molar-refractivity contribution in [1.29, 1.82) is 0 Å². The maximum absolute atomic E-state index is 2.37. The summed E-state index contributed by atoms with van der Waals surface area (Å²) in [4.78, 5) is 2.37. The number of unbranched alkanes of at least 4 members (excludes halogenated alkanes) is 12. The maximum Gasteiger partial charge on any atom is 0.0413 e. The molecule has 2 aromatic rings. The number of hydrogen-bond acceptors (Lipinski definition) is 1. The van der Waals surface area contributed by atoms with Gasteiger partial charge in [-0.15, -0.1) is 0 Å². The van der Waals surface area contributed by atoms with Crippen LogP contribution in [0.25, 0.3) is 0 Å². The average Bonchev–Trinajstić information content (AvgIpc) is 2.80. The highest BCUT2D eigenvalue weighted by molar-refractivity contribution is 5.63. The van der Waals surface area contributed by atoms with Crippen LogP contribution in [0.3, 0.4) is 0 Å². The third-order valence-corrected chi connectivity index (χ3v) is 5.81. The van der Waals surface area contributed by atoms with Crippen LogP contribution in [0.1, 0.15) is 90.4 Å². The van der Waals surface area contributed by atoms with Crippen molar-refractivity contribution in [3.8, 4) is 0 Å². The number of allylic oxidation sites excluding steroid dienone is 1. The van der Waals surface area contributed by atoms with Gasteiger partial charge in [-0.1, -0.05) is 126 Å². The van der Waals surface area contributed by atoms with E-state index < -0.39 is 0 Å². The van der Waals surface area contributed by atoms with Crippen molar-refractivity contribution >= 4 is 11.4 Å². The minimum atomic E-state index is 0.923.